The monoisotopic (exact) mass is 524 g/mol. The summed E-state index contributed by atoms with van der Waals surface area (Å²) in [5, 5.41) is 0. The van der Waals surface area contributed by atoms with Crippen molar-refractivity contribution in [3.05, 3.63) is 0 Å². The molecule has 5 fully saturated rings. The zero-order valence-electron chi connectivity index (χ0n) is 25.3. The van der Waals surface area contributed by atoms with E-state index in [1.54, 1.807) is 0 Å². The number of ketones is 2. The first kappa shape index (κ1) is 28.9. The molecule has 2 heteroatoms. The van der Waals surface area contributed by atoms with Gasteiger partial charge in [-0.25, -0.2) is 0 Å². The van der Waals surface area contributed by atoms with Crippen LogP contribution in [-0.4, -0.2) is 11.6 Å². The Labute approximate surface area is 235 Å². The predicted molar refractivity (Wildman–Crippen MR) is 158 cm³/mol. The van der Waals surface area contributed by atoms with Gasteiger partial charge in [0.25, 0.3) is 0 Å². The van der Waals surface area contributed by atoms with Gasteiger partial charge in [0, 0.05) is 0 Å². The Kier molecular flexibility index (Phi) is 9.79. The van der Waals surface area contributed by atoms with Crippen LogP contribution in [0.4, 0.5) is 0 Å². The van der Waals surface area contributed by atoms with E-state index in [9.17, 15) is 9.59 Å². The molecule has 0 bridgehead atoms. The van der Waals surface area contributed by atoms with Crippen LogP contribution in [0.3, 0.4) is 0 Å². The summed E-state index contributed by atoms with van der Waals surface area (Å²) >= 11 is 0. The van der Waals surface area contributed by atoms with Crippen molar-refractivity contribution < 1.29 is 9.59 Å². The number of hydrogen-bond donors (Lipinski definition) is 0. The fraction of sp³-hybridized carbons (Fsp3) is 0.944. The number of rotatable bonds is 10. The molecule has 5 saturated carbocycles. The smallest absolute Gasteiger partial charge is 0.159 e. The molecule has 0 atom stereocenters. The highest BCUT2D eigenvalue weighted by molar-refractivity contribution is 6.30. The van der Waals surface area contributed by atoms with Gasteiger partial charge in [0.1, 0.15) is 0 Å². The molecule has 0 radical (unpaired) electrons. The molecule has 216 valence electrons. The predicted octanol–water partition coefficient (Wildman–Crippen LogP) is 10.3. The maximum Gasteiger partial charge on any atom is 0.159 e. The largest absolute Gasteiger partial charge is 0.297 e. The standard InChI is InChI=1S/C36H60O2/c1-3-5-7-9-27-11-15-29(16-12-27)31-19-23-35(24-20-31)33(37)36(34(35)38)25-21-32(22-26-36)30-17-13-28(14-18-30)10-8-6-4-2/h27-32H,3-26H2,1-2H3. The number of hydrogen-bond acceptors (Lipinski definition) is 2. The molecule has 38 heavy (non-hydrogen) atoms. The van der Waals surface area contributed by atoms with Gasteiger partial charge in [0.2, 0.25) is 0 Å². The highest BCUT2D eigenvalue weighted by Gasteiger charge is 2.71. The molecule has 2 spiro atoms. The lowest BCUT2D eigenvalue weighted by Crippen LogP contribution is -2.68. The van der Waals surface area contributed by atoms with Crippen LogP contribution in [0.2, 0.25) is 0 Å². The van der Waals surface area contributed by atoms with Gasteiger partial charge >= 0.3 is 0 Å². The molecular formula is C36H60O2. The second-order valence-corrected chi connectivity index (χ2v) is 15.1. The molecule has 0 aliphatic heterocycles. The molecule has 2 nitrogen and oxygen atoms in total. The van der Waals surface area contributed by atoms with E-state index in [2.05, 4.69) is 13.8 Å². The minimum absolute atomic E-state index is 0.408. The van der Waals surface area contributed by atoms with Crippen LogP contribution < -0.4 is 0 Å². The van der Waals surface area contributed by atoms with E-state index in [-0.39, 0.29) is 0 Å². The van der Waals surface area contributed by atoms with E-state index >= 15 is 0 Å². The normalized spacial score (nSPS) is 41.9. The second kappa shape index (κ2) is 12.9. The van der Waals surface area contributed by atoms with Gasteiger partial charge in [-0.2, -0.15) is 0 Å². The summed E-state index contributed by atoms with van der Waals surface area (Å²) in [5.74, 6) is 6.05. The molecule has 0 heterocycles. The van der Waals surface area contributed by atoms with E-state index in [1.165, 1.54) is 103 Å². The zero-order valence-corrected chi connectivity index (χ0v) is 25.3. The Morgan fingerprint density at radius 3 is 1.11 bits per heavy atom. The first-order chi connectivity index (χ1) is 18.5. The Balaban J connectivity index is 1.04. The Hall–Kier alpha value is -0.660. The summed E-state index contributed by atoms with van der Waals surface area (Å²) in [6.45, 7) is 4.61. The molecule has 5 aliphatic carbocycles. The summed E-state index contributed by atoms with van der Waals surface area (Å²) in [7, 11) is 0. The highest BCUT2D eigenvalue weighted by Crippen LogP contribution is 2.63. The zero-order chi connectivity index (χ0) is 26.6. The Morgan fingerprint density at radius 1 is 0.474 bits per heavy atom. The molecule has 0 unspecified atom stereocenters. The van der Waals surface area contributed by atoms with Gasteiger partial charge in [-0.15, -0.1) is 0 Å². The molecule has 0 saturated heterocycles. The Morgan fingerprint density at radius 2 is 0.789 bits per heavy atom. The SMILES string of the molecule is CCCCCC1CCC(C2CCC3(CC2)C(=O)C2(CCC(C4CCC(CCCCC)CC4)CC2)C3=O)CC1. The maximum atomic E-state index is 13.8. The van der Waals surface area contributed by atoms with Gasteiger partial charge in [-0.3, -0.25) is 9.59 Å². The van der Waals surface area contributed by atoms with Gasteiger partial charge in [-0.05, 0) is 113 Å². The van der Waals surface area contributed by atoms with Crippen LogP contribution >= 0.6 is 0 Å². The quantitative estimate of drug-likeness (QED) is 0.210. The first-order valence-electron chi connectivity index (χ1n) is 17.6. The van der Waals surface area contributed by atoms with E-state index in [0.717, 1.165) is 86.9 Å². The lowest BCUT2D eigenvalue weighted by molar-refractivity contribution is -0.179. The lowest BCUT2D eigenvalue weighted by atomic mass is 9.41. The molecule has 0 N–H and O–H groups in total. The summed E-state index contributed by atoms with van der Waals surface area (Å²) in [5.41, 5.74) is -1.09. The number of carbonyl (C=O) groups is 2. The topological polar surface area (TPSA) is 34.1 Å². The third-order valence-corrected chi connectivity index (χ3v) is 13.1. The van der Waals surface area contributed by atoms with Crippen LogP contribution in [0.15, 0.2) is 0 Å². The first-order valence-corrected chi connectivity index (χ1v) is 17.6. The number of carbonyl (C=O) groups excluding carboxylic acids is 2. The van der Waals surface area contributed by atoms with Crippen molar-refractivity contribution in [1.82, 2.24) is 0 Å². The van der Waals surface area contributed by atoms with Gasteiger partial charge in [-0.1, -0.05) is 90.9 Å². The third-order valence-electron chi connectivity index (χ3n) is 13.1. The molecule has 0 aromatic heterocycles. The fourth-order valence-electron chi connectivity index (χ4n) is 10.4. The molecular weight excluding hydrogens is 464 g/mol. The third kappa shape index (κ3) is 5.72. The number of unbranched alkanes of at least 4 members (excludes halogenated alkanes) is 4. The minimum Gasteiger partial charge on any atom is -0.297 e. The Bertz CT molecular complexity index is 683. The minimum atomic E-state index is -0.544. The van der Waals surface area contributed by atoms with Crippen LogP contribution in [-0.2, 0) is 9.59 Å². The summed E-state index contributed by atoms with van der Waals surface area (Å²) in [6.07, 6.45) is 30.6. The van der Waals surface area contributed by atoms with Crippen LogP contribution in [0.5, 0.6) is 0 Å². The fourth-order valence-corrected chi connectivity index (χ4v) is 10.4. The van der Waals surface area contributed by atoms with E-state index in [4.69, 9.17) is 0 Å². The summed E-state index contributed by atoms with van der Waals surface area (Å²) in [4.78, 5) is 27.6. The van der Waals surface area contributed by atoms with Crippen molar-refractivity contribution in [1.29, 1.82) is 0 Å². The summed E-state index contributed by atoms with van der Waals surface area (Å²) < 4.78 is 0. The van der Waals surface area contributed by atoms with Gasteiger partial charge in [0.05, 0.1) is 10.8 Å². The van der Waals surface area contributed by atoms with Crippen molar-refractivity contribution >= 4 is 11.6 Å². The molecule has 5 rings (SSSR count). The molecule has 0 aromatic rings. The van der Waals surface area contributed by atoms with Crippen molar-refractivity contribution in [3.8, 4) is 0 Å². The second-order valence-electron chi connectivity index (χ2n) is 15.1. The summed E-state index contributed by atoms with van der Waals surface area (Å²) in [6, 6.07) is 0. The van der Waals surface area contributed by atoms with Crippen LogP contribution in [0.25, 0.3) is 0 Å². The van der Waals surface area contributed by atoms with Crippen molar-refractivity contribution in [2.24, 2.45) is 46.3 Å². The van der Waals surface area contributed by atoms with Crippen LogP contribution in [0, 0.1) is 46.3 Å². The van der Waals surface area contributed by atoms with Crippen molar-refractivity contribution in [2.45, 2.75) is 168 Å². The van der Waals surface area contributed by atoms with E-state index in [0.29, 0.717) is 11.6 Å². The van der Waals surface area contributed by atoms with Crippen molar-refractivity contribution in [3.63, 3.8) is 0 Å². The van der Waals surface area contributed by atoms with Gasteiger partial charge < -0.3 is 0 Å². The van der Waals surface area contributed by atoms with Crippen LogP contribution in [0.1, 0.15) is 168 Å². The lowest BCUT2D eigenvalue weighted by Gasteiger charge is -2.58. The average Bonchev–Trinajstić information content (AvgIpc) is 2.98. The highest BCUT2D eigenvalue weighted by atomic mass is 16.2. The van der Waals surface area contributed by atoms with Crippen molar-refractivity contribution in [2.75, 3.05) is 0 Å². The van der Waals surface area contributed by atoms with E-state index < -0.39 is 10.8 Å². The number of Topliss-reactive ketones (excluding diaryl/α,β-unsaturated/α-hetero) is 2. The molecule has 0 amide bonds. The molecule has 5 aliphatic rings. The van der Waals surface area contributed by atoms with E-state index in [1.807, 2.05) is 0 Å². The molecule has 0 aromatic carbocycles. The maximum absolute atomic E-state index is 13.8. The van der Waals surface area contributed by atoms with Gasteiger partial charge in [0.15, 0.2) is 11.6 Å². The average molecular weight is 525 g/mol.